The quantitative estimate of drug-likeness (QED) is 0.118. The number of carbonyl (C=O) groups is 3. The zero-order chi connectivity index (χ0) is 29.3. The Labute approximate surface area is 247 Å². The molecule has 6 aromatic carbocycles. The predicted molar refractivity (Wildman–Crippen MR) is 165 cm³/mol. The van der Waals surface area contributed by atoms with Crippen molar-refractivity contribution >= 4 is 61.0 Å². The highest BCUT2D eigenvalue weighted by Crippen LogP contribution is 2.32. The van der Waals surface area contributed by atoms with Crippen LogP contribution in [0.5, 0.6) is 0 Å². The molecule has 2 atom stereocenters. The highest BCUT2D eigenvalue weighted by atomic mass is 16.6. The van der Waals surface area contributed by atoms with E-state index in [1.54, 1.807) is 0 Å². The Bertz CT molecular complexity index is 1940. The molecule has 0 aliphatic carbocycles. The summed E-state index contributed by atoms with van der Waals surface area (Å²) in [4.78, 5) is 39.1. The lowest BCUT2D eigenvalue weighted by Crippen LogP contribution is -2.44. The first kappa shape index (κ1) is 26.7. The van der Waals surface area contributed by atoms with Gasteiger partial charge in [0.05, 0.1) is 0 Å². The van der Waals surface area contributed by atoms with Gasteiger partial charge in [-0.1, -0.05) is 97.1 Å². The lowest BCUT2D eigenvalue weighted by Gasteiger charge is -2.28. The number of carbonyl (C=O) groups excluding carboxylic acids is 3. The third kappa shape index (κ3) is 5.06. The van der Waals surface area contributed by atoms with Crippen LogP contribution < -0.4 is 0 Å². The fourth-order valence-electron chi connectivity index (χ4n) is 6.16. The van der Waals surface area contributed by atoms with Crippen molar-refractivity contribution in [3.8, 4) is 0 Å². The number of ether oxygens (including phenoxy) is 3. The number of hydrogen-bond acceptors (Lipinski definition) is 6. The molecule has 6 aromatic rings. The second-order valence-electron chi connectivity index (χ2n) is 10.9. The average Bonchev–Trinajstić information content (AvgIpc) is 3.04. The van der Waals surface area contributed by atoms with Gasteiger partial charge in [-0.25, -0.2) is 4.79 Å². The Morgan fingerprint density at radius 2 is 1.00 bits per heavy atom. The van der Waals surface area contributed by atoms with Crippen molar-refractivity contribution in [2.24, 2.45) is 5.92 Å². The first-order chi connectivity index (χ1) is 21.1. The van der Waals surface area contributed by atoms with E-state index in [1.165, 1.54) is 0 Å². The van der Waals surface area contributed by atoms with Gasteiger partial charge in [-0.2, -0.15) is 0 Å². The SMILES string of the molecule is O=C1CCC(C(=O)OCc2c3ccccc3cc3ccccc23)C(C(=O)OCc2c3ccccc3cc3ccccc23)O1. The van der Waals surface area contributed by atoms with E-state index in [0.717, 1.165) is 54.2 Å². The maximum atomic E-state index is 13.5. The minimum Gasteiger partial charge on any atom is -0.460 e. The summed E-state index contributed by atoms with van der Waals surface area (Å²) < 4.78 is 17.0. The van der Waals surface area contributed by atoms with Gasteiger partial charge in [0.25, 0.3) is 0 Å². The van der Waals surface area contributed by atoms with Crippen LogP contribution in [0.25, 0.3) is 43.1 Å². The number of esters is 3. The summed E-state index contributed by atoms with van der Waals surface area (Å²) in [5, 5.41) is 8.05. The van der Waals surface area contributed by atoms with E-state index in [-0.39, 0.29) is 26.1 Å². The van der Waals surface area contributed by atoms with Crippen molar-refractivity contribution in [2.45, 2.75) is 32.2 Å². The van der Waals surface area contributed by atoms with Crippen molar-refractivity contribution in [1.29, 1.82) is 0 Å². The predicted octanol–water partition coefficient (Wildman–Crippen LogP) is 7.41. The lowest BCUT2D eigenvalue weighted by molar-refractivity contribution is -0.184. The zero-order valence-electron chi connectivity index (χ0n) is 23.3. The van der Waals surface area contributed by atoms with Crippen LogP contribution in [0.1, 0.15) is 24.0 Å². The summed E-state index contributed by atoms with van der Waals surface area (Å²) in [6, 6.07) is 35.9. The van der Waals surface area contributed by atoms with E-state index < -0.39 is 29.9 Å². The van der Waals surface area contributed by atoms with Gasteiger partial charge < -0.3 is 14.2 Å². The van der Waals surface area contributed by atoms with Crippen molar-refractivity contribution < 1.29 is 28.6 Å². The smallest absolute Gasteiger partial charge is 0.348 e. The van der Waals surface area contributed by atoms with Crippen LogP contribution in [0, 0.1) is 5.92 Å². The van der Waals surface area contributed by atoms with Gasteiger partial charge in [-0.05, 0) is 61.6 Å². The third-order valence-electron chi connectivity index (χ3n) is 8.30. The largest absolute Gasteiger partial charge is 0.460 e. The molecule has 1 fully saturated rings. The molecule has 7 rings (SSSR count). The van der Waals surface area contributed by atoms with Crippen LogP contribution in [0.15, 0.2) is 109 Å². The monoisotopic (exact) mass is 568 g/mol. The first-order valence-corrected chi connectivity index (χ1v) is 14.4. The molecule has 1 aliphatic heterocycles. The molecule has 1 heterocycles. The minimum absolute atomic E-state index is 0.0225. The normalized spacial score (nSPS) is 16.8. The molecule has 0 amide bonds. The van der Waals surface area contributed by atoms with E-state index >= 15 is 0 Å². The number of cyclic esters (lactones) is 1. The molecule has 1 saturated heterocycles. The first-order valence-electron chi connectivity index (χ1n) is 14.4. The van der Waals surface area contributed by atoms with Gasteiger partial charge in [0.1, 0.15) is 19.1 Å². The molecule has 0 radical (unpaired) electrons. The van der Waals surface area contributed by atoms with Crippen LogP contribution in [0.4, 0.5) is 0 Å². The fraction of sp³-hybridized carbons (Fsp3) is 0.162. The molecule has 0 bridgehead atoms. The summed E-state index contributed by atoms with van der Waals surface area (Å²) in [5.41, 5.74) is 1.74. The van der Waals surface area contributed by atoms with Crippen LogP contribution in [0.3, 0.4) is 0 Å². The van der Waals surface area contributed by atoms with Crippen LogP contribution >= 0.6 is 0 Å². The molecule has 212 valence electrons. The number of benzene rings is 6. The van der Waals surface area contributed by atoms with Crippen LogP contribution in [-0.4, -0.2) is 24.0 Å². The molecule has 0 spiro atoms. The second kappa shape index (κ2) is 11.2. The van der Waals surface area contributed by atoms with Gasteiger partial charge in [-0.3, -0.25) is 9.59 Å². The van der Waals surface area contributed by atoms with E-state index in [0.29, 0.717) is 0 Å². The van der Waals surface area contributed by atoms with Gasteiger partial charge in [0.15, 0.2) is 0 Å². The zero-order valence-corrected chi connectivity index (χ0v) is 23.3. The molecule has 1 aliphatic rings. The molecule has 2 unspecified atom stereocenters. The highest BCUT2D eigenvalue weighted by molar-refractivity contribution is 6.03. The number of hydrogen-bond donors (Lipinski definition) is 0. The van der Waals surface area contributed by atoms with Crippen molar-refractivity contribution in [3.05, 3.63) is 120 Å². The standard InChI is InChI=1S/C37H28O6/c38-34-18-17-31(36(39)41-21-32-27-13-5-1-9-23(27)19-24-10-2-6-14-28(24)32)35(43-34)37(40)42-22-33-29-15-7-3-11-25(29)20-26-12-4-8-16-30(26)33/h1-16,19-20,31,35H,17-18,21-22H2. The van der Waals surface area contributed by atoms with Gasteiger partial charge >= 0.3 is 17.9 Å². The van der Waals surface area contributed by atoms with Crippen LogP contribution in [-0.2, 0) is 41.8 Å². The maximum absolute atomic E-state index is 13.5. The van der Waals surface area contributed by atoms with E-state index in [9.17, 15) is 14.4 Å². The average molecular weight is 569 g/mol. The topological polar surface area (TPSA) is 78.9 Å². The minimum atomic E-state index is -1.38. The van der Waals surface area contributed by atoms with Crippen molar-refractivity contribution in [2.75, 3.05) is 0 Å². The van der Waals surface area contributed by atoms with E-state index in [4.69, 9.17) is 14.2 Å². The molecule has 6 heteroatoms. The third-order valence-corrected chi connectivity index (χ3v) is 8.30. The molecule has 0 N–H and O–H groups in total. The maximum Gasteiger partial charge on any atom is 0.348 e. The number of fused-ring (bicyclic) bond motifs is 4. The van der Waals surface area contributed by atoms with Crippen molar-refractivity contribution in [1.82, 2.24) is 0 Å². The summed E-state index contributed by atoms with van der Waals surface area (Å²) in [6.45, 7) is -0.00653. The summed E-state index contributed by atoms with van der Waals surface area (Å²) in [5.74, 6) is -2.86. The molecular weight excluding hydrogens is 540 g/mol. The molecular formula is C37H28O6. The molecule has 0 aromatic heterocycles. The van der Waals surface area contributed by atoms with E-state index in [2.05, 4.69) is 12.1 Å². The fourth-order valence-corrected chi connectivity index (χ4v) is 6.16. The van der Waals surface area contributed by atoms with Crippen molar-refractivity contribution in [3.63, 3.8) is 0 Å². The summed E-state index contributed by atoms with van der Waals surface area (Å²) >= 11 is 0. The molecule has 0 saturated carbocycles. The van der Waals surface area contributed by atoms with Crippen LogP contribution in [0.2, 0.25) is 0 Å². The lowest BCUT2D eigenvalue weighted by atomic mass is 9.93. The molecule has 6 nitrogen and oxygen atoms in total. The van der Waals surface area contributed by atoms with E-state index in [1.807, 2.05) is 97.1 Å². The summed E-state index contributed by atoms with van der Waals surface area (Å²) in [7, 11) is 0. The Kier molecular flexibility index (Phi) is 6.95. The Morgan fingerprint density at radius 1 is 0.605 bits per heavy atom. The number of rotatable bonds is 6. The Balaban J connectivity index is 1.13. The Morgan fingerprint density at radius 3 is 1.44 bits per heavy atom. The van der Waals surface area contributed by atoms with Gasteiger partial charge in [0, 0.05) is 17.5 Å². The van der Waals surface area contributed by atoms with Gasteiger partial charge in [0.2, 0.25) is 6.10 Å². The highest BCUT2D eigenvalue weighted by Gasteiger charge is 2.43. The molecule has 43 heavy (non-hydrogen) atoms. The Hall–Kier alpha value is -5.23. The second-order valence-corrected chi connectivity index (χ2v) is 10.9. The summed E-state index contributed by atoms with van der Waals surface area (Å²) in [6.07, 6.45) is -1.21. The van der Waals surface area contributed by atoms with Gasteiger partial charge in [-0.15, -0.1) is 0 Å².